The van der Waals surface area contributed by atoms with Gasteiger partial charge in [0.25, 0.3) is 0 Å². The van der Waals surface area contributed by atoms with Crippen molar-refractivity contribution in [1.29, 1.82) is 0 Å². The number of carboxylic acid groups (broad SMARTS) is 1. The number of rotatable bonds is 0. The van der Waals surface area contributed by atoms with Gasteiger partial charge in [-0.1, -0.05) is 12.2 Å². The van der Waals surface area contributed by atoms with E-state index in [9.17, 15) is 4.79 Å². The van der Waals surface area contributed by atoms with E-state index in [1.165, 1.54) is 6.20 Å². The molecule has 0 spiro atoms. The molecule has 1 amide bonds. The Hall–Kier alpha value is -1.84. The van der Waals surface area contributed by atoms with Crippen molar-refractivity contribution in [2.75, 3.05) is 6.54 Å². The van der Waals surface area contributed by atoms with Crippen LogP contribution >= 0.6 is 0 Å². The minimum absolute atomic E-state index is 0.671. The van der Waals surface area contributed by atoms with Gasteiger partial charge in [-0.05, 0) is 6.08 Å². The molecule has 2 aliphatic heterocycles. The average molecular weight is 176 g/mol. The van der Waals surface area contributed by atoms with Gasteiger partial charge < -0.3 is 5.11 Å². The van der Waals surface area contributed by atoms with E-state index in [1.807, 2.05) is 12.2 Å². The number of nitrogens with zero attached hydrogens (tertiary/aromatic N) is 2. The molecule has 0 aromatic carbocycles. The molecule has 2 heterocycles. The number of fused-ring (bicyclic) bond motifs is 1. The normalized spacial score (nSPS) is 19.2. The van der Waals surface area contributed by atoms with Crippen LogP contribution in [0, 0.1) is 0 Å². The minimum Gasteiger partial charge on any atom is -0.464 e. The molecule has 0 saturated heterocycles. The number of hydrogen-bond acceptors (Lipinski definition) is 2. The zero-order valence-electron chi connectivity index (χ0n) is 6.84. The maximum Gasteiger partial charge on any atom is 0.415 e. The predicted octanol–water partition coefficient (Wildman–Crippen LogP) is 1.39. The molecule has 66 valence electrons. The highest BCUT2D eigenvalue weighted by Gasteiger charge is 2.14. The van der Waals surface area contributed by atoms with Crippen molar-refractivity contribution >= 4 is 11.8 Å². The maximum absolute atomic E-state index is 10.6. The molecule has 0 unspecified atom stereocenters. The zero-order chi connectivity index (χ0) is 9.26. The summed E-state index contributed by atoms with van der Waals surface area (Å²) in [5.41, 5.74) is 1.69. The van der Waals surface area contributed by atoms with E-state index in [4.69, 9.17) is 5.11 Å². The molecule has 2 rings (SSSR count). The van der Waals surface area contributed by atoms with Crippen molar-refractivity contribution in [3.8, 4) is 0 Å². The summed E-state index contributed by atoms with van der Waals surface area (Å²) in [5.74, 6) is 0. The quantitative estimate of drug-likeness (QED) is 0.606. The van der Waals surface area contributed by atoms with Gasteiger partial charge >= 0.3 is 6.09 Å². The van der Waals surface area contributed by atoms with Crippen LogP contribution in [0.2, 0.25) is 0 Å². The summed E-state index contributed by atoms with van der Waals surface area (Å²) in [7, 11) is 0. The number of hydrogen-bond donors (Lipinski definition) is 1. The Morgan fingerprint density at radius 3 is 3.15 bits per heavy atom. The second-order valence-corrected chi connectivity index (χ2v) is 2.72. The number of dihydropyridines is 1. The molecule has 1 N–H and O–H groups in total. The lowest BCUT2D eigenvalue weighted by Gasteiger charge is -2.17. The van der Waals surface area contributed by atoms with Gasteiger partial charge in [-0.2, -0.15) is 0 Å². The average Bonchev–Trinajstić information content (AvgIpc) is 2.17. The summed E-state index contributed by atoms with van der Waals surface area (Å²) in [6, 6.07) is 0. The molecule has 0 aromatic rings. The van der Waals surface area contributed by atoms with Crippen molar-refractivity contribution in [3.05, 3.63) is 36.2 Å². The first kappa shape index (κ1) is 7.79. The van der Waals surface area contributed by atoms with Gasteiger partial charge in [-0.3, -0.25) is 9.89 Å². The molecule has 4 heteroatoms. The third-order valence-corrected chi connectivity index (χ3v) is 1.85. The van der Waals surface area contributed by atoms with Crippen LogP contribution in [0.15, 0.2) is 41.2 Å². The second kappa shape index (κ2) is 2.90. The summed E-state index contributed by atoms with van der Waals surface area (Å²) in [6.45, 7) is 0.671. The fourth-order valence-electron chi connectivity index (χ4n) is 1.23. The molecule has 4 nitrogen and oxygen atoms in total. The molecule has 0 saturated carbocycles. The highest BCUT2D eigenvalue weighted by atomic mass is 16.4. The van der Waals surface area contributed by atoms with Crippen LogP contribution in [0.25, 0.3) is 0 Å². The topological polar surface area (TPSA) is 52.9 Å². The predicted molar refractivity (Wildman–Crippen MR) is 48.5 cm³/mol. The van der Waals surface area contributed by atoms with Crippen LogP contribution in [0.3, 0.4) is 0 Å². The first-order valence-electron chi connectivity index (χ1n) is 3.90. The third-order valence-electron chi connectivity index (χ3n) is 1.85. The highest BCUT2D eigenvalue weighted by Crippen LogP contribution is 2.14. The number of carbonyl (C=O) groups is 1. The Morgan fingerprint density at radius 2 is 2.38 bits per heavy atom. The van der Waals surface area contributed by atoms with E-state index >= 15 is 0 Å². The number of allylic oxidation sites excluding steroid dienone is 3. The Labute approximate surface area is 75.2 Å². The molecule has 13 heavy (non-hydrogen) atoms. The van der Waals surface area contributed by atoms with Gasteiger partial charge in [0.05, 0.1) is 12.3 Å². The summed E-state index contributed by atoms with van der Waals surface area (Å²) >= 11 is 0. The molecular formula is C9H8N2O2. The standard InChI is InChI=1S/C9H8N2O2/c12-9(13)11-5-3-8-7(6-11)2-1-4-10-8/h1-3,5-6H,4H2,(H,12,13). The Morgan fingerprint density at radius 1 is 1.54 bits per heavy atom. The lowest BCUT2D eigenvalue weighted by Crippen LogP contribution is -2.23. The van der Waals surface area contributed by atoms with Crippen molar-refractivity contribution in [2.24, 2.45) is 4.99 Å². The number of amides is 1. The lowest BCUT2D eigenvalue weighted by molar-refractivity contribution is 0.175. The van der Waals surface area contributed by atoms with E-state index < -0.39 is 6.09 Å². The molecule has 0 bridgehead atoms. The van der Waals surface area contributed by atoms with Gasteiger partial charge in [0.1, 0.15) is 0 Å². The van der Waals surface area contributed by atoms with Crippen LogP contribution in [-0.2, 0) is 0 Å². The summed E-state index contributed by atoms with van der Waals surface area (Å²) in [6.07, 6.45) is 7.53. The third kappa shape index (κ3) is 1.38. The SMILES string of the molecule is O=C(O)N1C=CC2=NCC=CC2=C1. The van der Waals surface area contributed by atoms with Crippen molar-refractivity contribution in [3.63, 3.8) is 0 Å². The largest absolute Gasteiger partial charge is 0.464 e. The fraction of sp³-hybridized carbons (Fsp3) is 0.111. The van der Waals surface area contributed by atoms with Crippen LogP contribution < -0.4 is 0 Å². The monoisotopic (exact) mass is 176 g/mol. The maximum atomic E-state index is 10.6. The van der Waals surface area contributed by atoms with Crippen molar-refractivity contribution in [2.45, 2.75) is 0 Å². The van der Waals surface area contributed by atoms with Gasteiger partial charge in [0.15, 0.2) is 0 Å². The van der Waals surface area contributed by atoms with Gasteiger partial charge in [-0.25, -0.2) is 4.79 Å². The van der Waals surface area contributed by atoms with Gasteiger partial charge in [-0.15, -0.1) is 0 Å². The van der Waals surface area contributed by atoms with Crippen LogP contribution in [0.4, 0.5) is 4.79 Å². The molecular weight excluding hydrogens is 168 g/mol. The Bertz CT molecular complexity index is 364. The van der Waals surface area contributed by atoms with Crippen LogP contribution in [0.1, 0.15) is 0 Å². The summed E-state index contributed by atoms with van der Waals surface area (Å²) in [5, 5.41) is 8.69. The molecule has 0 atom stereocenters. The van der Waals surface area contributed by atoms with Crippen LogP contribution in [-0.4, -0.2) is 28.4 Å². The van der Waals surface area contributed by atoms with Crippen molar-refractivity contribution < 1.29 is 9.90 Å². The fourth-order valence-corrected chi connectivity index (χ4v) is 1.23. The zero-order valence-corrected chi connectivity index (χ0v) is 6.84. The van der Waals surface area contributed by atoms with E-state index in [-0.39, 0.29) is 0 Å². The van der Waals surface area contributed by atoms with E-state index in [0.29, 0.717) is 6.54 Å². The van der Waals surface area contributed by atoms with Gasteiger partial charge in [0, 0.05) is 18.0 Å². The van der Waals surface area contributed by atoms with E-state index in [1.54, 1.807) is 12.3 Å². The molecule has 0 aromatic heterocycles. The smallest absolute Gasteiger partial charge is 0.415 e. The molecule has 0 aliphatic carbocycles. The highest BCUT2D eigenvalue weighted by molar-refractivity contribution is 6.12. The lowest BCUT2D eigenvalue weighted by atomic mass is 10.1. The van der Waals surface area contributed by atoms with E-state index in [2.05, 4.69) is 4.99 Å². The minimum atomic E-state index is -0.984. The first-order chi connectivity index (χ1) is 6.27. The molecule has 2 aliphatic rings. The summed E-state index contributed by atoms with van der Waals surface area (Å²) < 4.78 is 0. The van der Waals surface area contributed by atoms with E-state index in [0.717, 1.165) is 16.2 Å². The number of aliphatic imine (C=N–C) groups is 1. The van der Waals surface area contributed by atoms with Gasteiger partial charge in [0.2, 0.25) is 0 Å². The Kier molecular flexibility index (Phi) is 1.73. The Balaban J connectivity index is 2.31. The van der Waals surface area contributed by atoms with Crippen molar-refractivity contribution in [1.82, 2.24) is 4.90 Å². The first-order valence-corrected chi connectivity index (χ1v) is 3.90. The second-order valence-electron chi connectivity index (χ2n) is 2.72. The molecule has 0 fully saturated rings. The van der Waals surface area contributed by atoms with Crippen LogP contribution in [0.5, 0.6) is 0 Å². The molecule has 0 radical (unpaired) electrons. The summed E-state index contributed by atoms with van der Waals surface area (Å²) in [4.78, 5) is 15.9.